The normalized spacial score (nSPS) is 15.2. The lowest BCUT2D eigenvalue weighted by atomic mass is 10.2. The summed E-state index contributed by atoms with van der Waals surface area (Å²) in [5, 5.41) is -2.40. The van der Waals surface area contributed by atoms with Gasteiger partial charge >= 0.3 is 12.1 Å². The van der Waals surface area contributed by atoms with Crippen LogP contribution in [0.25, 0.3) is 0 Å². The van der Waals surface area contributed by atoms with Gasteiger partial charge in [0.1, 0.15) is 5.38 Å². The zero-order chi connectivity index (χ0) is 12.7. The van der Waals surface area contributed by atoms with E-state index in [0.717, 1.165) is 11.3 Å². The average molecular weight is 344 g/mol. The summed E-state index contributed by atoms with van der Waals surface area (Å²) in [6.45, 7) is 1.59. The van der Waals surface area contributed by atoms with Crippen LogP contribution < -0.4 is 0 Å². The van der Waals surface area contributed by atoms with Gasteiger partial charge in [0, 0.05) is 14.2 Å². The monoisotopic (exact) mass is 342 g/mol. The third-order valence-electron chi connectivity index (χ3n) is 1.82. The fourth-order valence-corrected chi connectivity index (χ4v) is 2.83. The molecule has 1 aromatic heterocycles. The Labute approximate surface area is 106 Å². The van der Waals surface area contributed by atoms with Crippen molar-refractivity contribution in [3.8, 4) is 0 Å². The molecule has 1 heterocycles. The lowest BCUT2D eigenvalue weighted by Gasteiger charge is -2.23. The van der Waals surface area contributed by atoms with E-state index in [1.54, 1.807) is 6.92 Å². The molecule has 0 radical (unpaired) electrons. The van der Waals surface area contributed by atoms with Crippen LogP contribution in [0, 0.1) is 6.92 Å². The van der Waals surface area contributed by atoms with Crippen LogP contribution in [-0.2, 0) is 0 Å². The summed E-state index contributed by atoms with van der Waals surface area (Å²) >= 11 is 9.02. The van der Waals surface area contributed by atoms with Gasteiger partial charge in [-0.2, -0.15) is 22.0 Å². The van der Waals surface area contributed by atoms with Crippen molar-refractivity contribution in [1.82, 2.24) is 0 Å². The second-order valence-corrected chi connectivity index (χ2v) is 5.61. The molecule has 0 aliphatic carbocycles. The summed E-state index contributed by atoms with van der Waals surface area (Å²) in [5.41, 5.74) is 0. The number of aryl methyl sites for hydroxylation is 1. The van der Waals surface area contributed by atoms with Crippen molar-refractivity contribution in [3.05, 3.63) is 20.3 Å². The molecule has 92 valence electrons. The van der Waals surface area contributed by atoms with Crippen LogP contribution >= 0.6 is 38.9 Å². The molecule has 1 rings (SSSR count). The summed E-state index contributed by atoms with van der Waals surface area (Å²) in [6, 6.07) is 1.18. The van der Waals surface area contributed by atoms with Crippen LogP contribution in [0.1, 0.15) is 15.1 Å². The predicted octanol–water partition coefficient (Wildman–Crippen LogP) is 5.30. The van der Waals surface area contributed by atoms with E-state index in [0.29, 0.717) is 9.35 Å². The Morgan fingerprint density at radius 3 is 2.12 bits per heavy atom. The SMILES string of the molecule is Cc1sc(C(Cl)C(F)(F)C(F)(F)F)cc1Br. The molecule has 0 aliphatic rings. The summed E-state index contributed by atoms with van der Waals surface area (Å²) in [5.74, 6) is -4.94. The van der Waals surface area contributed by atoms with Gasteiger partial charge in [0.05, 0.1) is 0 Å². The first-order chi connectivity index (χ1) is 7.07. The molecule has 0 saturated heterocycles. The quantitative estimate of drug-likeness (QED) is 0.505. The molecule has 0 saturated carbocycles. The number of halogens is 7. The molecule has 16 heavy (non-hydrogen) atoms. The van der Waals surface area contributed by atoms with Crippen LogP contribution in [0.3, 0.4) is 0 Å². The van der Waals surface area contributed by atoms with E-state index in [2.05, 4.69) is 15.9 Å². The Hall–Kier alpha value is 0.120. The summed E-state index contributed by atoms with van der Waals surface area (Å²) in [6.07, 6.45) is -5.65. The highest BCUT2D eigenvalue weighted by atomic mass is 79.9. The standard InChI is InChI=1S/C8H5BrClF5S/c1-3-4(9)2-5(16-3)6(10)7(11,12)8(13,14)15/h2,6H,1H3. The smallest absolute Gasteiger partial charge is 0.194 e. The molecule has 0 amide bonds. The van der Waals surface area contributed by atoms with Gasteiger partial charge < -0.3 is 0 Å². The van der Waals surface area contributed by atoms with E-state index in [9.17, 15) is 22.0 Å². The Morgan fingerprint density at radius 2 is 1.81 bits per heavy atom. The molecular weight excluding hydrogens is 339 g/mol. The maximum absolute atomic E-state index is 12.9. The number of hydrogen-bond donors (Lipinski definition) is 0. The molecule has 0 aliphatic heterocycles. The zero-order valence-corrected chi connectivity index (χ0v) is 10.9. The average Bonchev–Trinajstić information content (AvgIpc) is 2.43. The lowest BCUT2D eigenvalue weighted by molar-refractivity contribution is -0.283. The maximum Gasteiger partial charge on any atom is 0.455 e. The first-order valence-corrected chi connectivity index (χ1v) is 5.96. The minimum absolute atomic E-state index is 0.214. The van der Waals surface area contributed by atoms with Crippen LogP contribution in [0.2, 0.25) is 0 Å². The fraction of sp³-hybridized carbons (Fsp3) is 0.500. The molecule has 1 atom stereocenters. The molecule has 0 bridgehead atoms. The van der Waals surface area contributed by atoms with Crippen molar-refractivity contribution >= 4 is 38.9 Å². The maximum atomic E-state index is 12.9. The summed E-state index contributed by atoms with van der Waals surface area (Å²) in [7, 11) is 0. The number of rotatable bonds is 2. The minimum Gasteiger partial charge on any atom is -0.194 e. The Balaban J connectivity index is 3.07. The Morgan fingerprint density at radius 1 is 1.31 bits per heavy atom. The van der Waals surface area contributed by atoms with Crippen LogP contribution in [0.15, 0.2) is 10.5 Å². The van der Waals surface area contributed by atoms with Crippen molar-refractivity contribution in [1.29, 1.82) is 0 Å². The van der Waals surface area contributed by atoms with Gasteiger partial charge in [-0.25, -0.2) is 0 Å². The first kappa shape index (κ1) is 14.2. The number of thiophene rings is 1. The van der Waals surface area contributed by atoms with Crippen LogP contribution in [-0.4, -0.2) is 12.1 Å². The topological polar surface area (TPSA) is 0 Å². The van der Waals surface area contributed by atoms with E-state index in [1.165, 1.54) is 6.07 Å². The van der Waals surface area contributed by atoms with Crippen molar-refractivity contribution in [2.75, 3.05) is 0 Å². The fourth-order valence-electron chi connectivity index (χ4n) is 0.929. The largest absolute Gasteiger partial charge is 0.455 e. The van der Waals surface area contributed by atoms with Crippen molar-refractivity contribution in [2.24, 2.45) is 0 Å². The van der Waals surface area contributed by atoms with Crippen LogP contribution in [0.5, 0.6) is 0 Å². The molecule has 1 unspecified atom stereocenters. The van der Waals surface area contributed by atoms with E-state index in [4.69, 9.17) is 11.6 Å². The van der Waals surface area contributed by atoms with Crippen molar-refractivity contribution < 1.29 is 22.0 Å². The van der Waals surface area contributed by atoms with Gasteiger partial charge in [0.2, 0.25) is 0 Å². The van der Waals surface area contributed by atoms with Crippen LogP contribution in [0.4, 0.5) is 22.0 Å². The molecule has 0 aromatic carbocycles. The van der Waals surface area contributed by atoms with Crippen molar-refractivity contribution in [3.63, 3.8) is 0 Å². The Bertz CT molecular complexity index is 367. The highest BCUT2D eigenvalue weighted by Crippen LogP contribution is 2.50. The summed E-state index contributed by atoms with van der Waals surface area (Å²) < 4.78 is 62.3. The molecule has 1 aromatic rings. The third-order valence-corrected chi connectivity index (χ3v) is 4.66. The zero-order valence-electron chi connectivity index (χ0n) is 7.71. The second-order valence-electron chi connectivity index (χ2n) is 3.04. The third kappa shape index (κ3) is 2.51. The van der Waals surface area contributed by atoms with Gasteiger partial charge in [0.15, 0.2) is 0 Å². The van der Waals surface area contributed by atoms with E-state index >= 15 is 0 Å². The molecule has 0 spiro atoms. The van der Waals surface area contributed by atoms with Gasteiger partial charge in [0.25, 0.3) is 0 Å². The van der Waals surface area contributed by atoms with E-state index in [-0.39, 0.29) is 4.88 Å². The van der Waals surface area contributed by atoms with Crippen molar-refractivity contribution in [2.45, 2.75) is 24.4 Å². The summed E-state index contributed by atoms with van der Waals surface area (Å²) in [4.78, 5) is 0.381. The molecule has 0 nitrogen and oxygen atoms in total. The van der Waals surface area contributed by atoms with Gasteiger partial charge in [-0.15, -0.1) is 22.9 Å². The highest BCUT2D eigenvalue weighted by Gasteiger charge is 2.62. The molecule has 0 fully saturated rings. The lowest BCUT2D eigenvalue weighted by Crippen LogP contribution is -2.39. The predicted molar refractivity (Wildman–Crippen MR) is 56.4 cm³/mol. The second kappa shape index (κ2) is 4.42. The van der Waals surface area contributed by atoms with E-state index < -0.39 is 17.5 Å². The van der Waals surface area contributed by atoms with Gasteiger partial charge in [-0.3, -0.25) is 0 Å². The van der Waals surface area contributed by atoms with Gasteiger partial charge in [-0.05, 0) is 28.9 Å². The molecular formula is C8H5BrClF5S. The van der Waals surface area contributed by atoms with E-state index in [1.807, 2.05) is 0 Å². The minimum atomic E-state index is -5.65. The highest BCUT2D eigenvalue weighted by molar-refractivity contribution is 9.10. The number of hydrogen-bond acceptors (Lipinski definition) is 1. The van der Waals surface area contributed by atoms with Gasteiger partial charge in [-0.1, -0.05) is 0 Å². The Kier molecular flexibility index (Phi) is 3.92. The molecule has 8 heteroatoms. The molecule has 0 N–H and O–H groups in total. The first-order valence-electron chi connectivity index (χ1n) is 3.92. The number of alkyl halides is 6.